The molecule has 2 aromatic rings. The van der Waals surface area contributed by atoms with E-state index in [1.165, 1.54) is 5.56 Å². The van der Waals surface area contributed by atoms with Crippen molar-refractivity contribution in [3.05, 3.63) is 39.7 Å². The van der Waals surface area contributed by atoms with Gasteiger partial charge in [-0.05, 0) is 23.6 Å². The minimum absolute atomic E-state index is 0.777. The Hall–Kier alpha value is -0.930. The number of hydrogen-bond acceptors (Lipinski definition) is 2. The molecule has 1 nitrogen and oxygen atoms in total. The van der Waals surface area contributed by atoms with E-state index in [0.29, 0.717) is 0 Å². The van der Waals surface area contributed by atoms with Gasteiger partial charge in [0.15, 0.2) is 0 Å². The van der Waals surface area contributed by atoms with Crippen molar-refractivity contribution in [2.45, 2.75) is 0 Å². The summed E-state index contributed by atoms with van der Waals surface area (Å²) in [6.45, 7) is 0. The van der Waals surface area contributed by atoms with Crippen LogP contribution in [0.3, 0.4) is 0 Å². The lowest BCUT2D eigenvalue weighted by molar-refractivity contribution is 1.30. The van der Waals surface area contributed by atoms with Gasteiger partial charge in [0.2, 0.25) is 0 Å². The van der Waals surface area contributed by atoms with E-state index in [1.54, 1.807) is 11.3 Å². The van der Waals surface area contributed by atoms with E-state index in [2.05, 4.69) is 21.8 Å². The summed E-state index contributed by atoms with van der Waals surface area (Å²) in [4.78, 5) is 3.13. The zero-order valence-corrected chi connectivity index (χ0v) is 7.91. The summed E-state index contributed by atoms with van der Waals surface area (Å²) in [5.41, 5.74) is 2.29. The maximum absolute atomic E-state index is 5.02. The molecule has 2 aromatic heterocycles. The highest BCUT2D eigenvalue weighted by Crippen LogP contribution is 2.18. The van der Waals surface area contributed by atoms with Crippen LogP contribution in [0.25, 0.3) is 11.3 Å². The molecule has 12 heavy (non-hydrogen) atoms. The minimum Gasteiger partial charge on any atom is -0.346 e. The van der Waals surface area contributed by atoms with Gasteiger partial charge in [0.25, 0.3) is 0 Å². The van der Waals surface area contributed by atoms with Gasteiger partial charge >= 0.3 is 0 Å². The second-order valence-corrected chi connectivity index (χ2v) is 3.66. The first kappa shape index (κ1) is 7.71. The molecule has 3 heteroatoms. The fourth-order valence-corrected chi connectivity index (χ4v) is 1.88. The lowest BCUT2D eigenvalue weighted by atomic mass is 10.2. The third-order valence-corrected chi connectivity index (χ3v) is 2.52. The van der Waals surface area contributed by atoms with E-state index in [9.17, 15) is 0 Å². The second-order valence-electron chi connectivity index (χ2n) is 2.44. The molecule has 0 aromatic carbocycles. The van der Waals surface area contributed by atoms with Crippen LogP contribution in [0.1, 0.15) is 0 Å². The van der Waals surface area contributed by atoms with Crippen LogP contribution in [0.15, 0.2) is 35.0 Å². The average Bonchev–Trinajstić information content (AvgIpc) is 2.56. The van der Waals surface area contributed by atoms with E-state index in [-0.39, 0.29) is 0 Å². The topological polar surface area (TPSA) is 15.8 Å². The number of aromatic amines is 1. The Bertz CT molecular complexity index is 414. The molecule has 0 atom stereocenters. The van der Waals surface area contributed by atoms with Gasteiger partial charge in [-0.1, -0.05) is 18.3 Å². The highest BCUT2D eigenvalue weighted by atomic mass is 32.1. The van der Waals surface area contributed by atoms with Crippen molar-refractivity contribution in [3.8, 4) is 11.3 Å². The van der Waals surface area contributed by atoms with Crippen molar-refractivity contribution in [1.82, 2.24) is 4.98 Å². The van der Waals surface area contributed by atoms with Crippen LogP contribution in [0, 0.1) is 4.64 Å². The second kappa shape index (κ2) is 3.21. The summed E-state index contributed by atoms with van der Waals surface area (Å²) in [5, 5.41) is 4.15. The molecule has 0 fully saturated rings. The smallest absolute Gasteiger partial charge is 0.103 e. The number of aromatic nitrogens is 1. The Kier molecular flexibility index (Phi) is 2.06. The monoisotopic (exact) mass is 193 g/mol. The van der Waals surface area contributed by atoms with Gasteiger partial charge in [-0.15, -0.1) is 0 Å². The van der Waals surface area contributed by atoms with E-state index in [4.69, 9.17) is 12.2 Å². The fraction of sp³-hybridized carbons (Fsp3) is 0. The number of hydrogen-bond donors (Lipinski definition) is 1. The van der Waals surface area contributed by atoms with Crippen LogP contribution < -0.4 is 0 Å². The zero-order chi connectivity index (χ0) is 8.39. The SMILES string of the molecule is S=c1cccc(-c2ccsc2)[nH]1. The summed E-state index contributed by atoms with van der Waals surface area (Å²) in [6, 6.07) is 7.94. The number of rotatable bonds is 1. The van der Waals surface area contributed by atoms with E-state index in [1.807, 2.05) is 18.2 Å². The van der Waals surface area contributed by atoms with Crippen LogP contribution in [-0.4, -0.2) is 4.98 Å². The number of nitrogens with one attached hydrogen (secondary N) is 1. The molecular weight excluding hydrogens is 186 g/mol. The predicted molar refractivity (Wildman–Crippen MR) is 54.9 cm³/mol. The zero-order valence-electron chi connectivity index (χ0n) is 6.28. The average molecular weight is 193 g/mol. The van der Waals surface area contributed by atoms with Gasteiger partial charge in [-0.3, -0.25) is 0 Å². The Labute approximate surface area is 79.7 Å². The maximum atomic E-state index is 5.02. The lowest BCUT2D eigenvalue weighted by Gasteiger charge is -1.95. The molecule has 1 N–H and O–H groups in total. The Morgan fingerprint density at radius 2 is 2.17 bits per heavy atom. The summed E-state index contributed by atoms with van der Waals surface area (Å²) in [5.74, 6) is 0. The van der Waals surface area contributed by atoms with E-state index >= 15 is 0 Å². The molecular formula is C9H7NS2. The van der Waals surface area contributed by atoms with Crippen molar-refractivity contribution < 1.29 is 0 Å². The molecule has 2 rings (SSSR count). The first-order valence-corrected chi connectivity index (χ1v) is 4.93. The van der Waals surface area contributed by atoms with Gasteiger partial charge in [-0.2, -0.15) is 11.3 Å². The molecule has 0 unspecified atom stereocenters. The van der Waals surface area contributed by atoms with Crippen molar-refractivity contribution in [2.75, 3.05) is 0 Å². The van der Waals surface area contributed by atoms with Crippen LogP contribution in [0.4, 0.5) is 0 Å². The summed E-state index contributed by atoms with van der Waals surface area (Å²) in [6.07, 6.45) is 0. The Morgan fingerprint density at radius 3 is 2.83 bits per heavy atom. The lowest BCUT2D eigenvalue weighted by Crippen LogP contribution is -1.79. The first-order chi connectivity index (χ1) is 5.86. The summed E-state index contributed by atoms with van der Waals surface area (Å²) in [7, 11) is 0. The minimum atomic E-state index is 0.777. The molecule has 0 aliphatic rings. The largest absolute Gasteiger partial charge is 0.346 e. The van der Waals surface area contributed by atoms with Crippen LogP contribution in [-0.2, 0) is 0 Å². The summed E-state index contributed by atoms with van der Waals surface area (Å²) >= 11 is 6.71. The Balaban J connectivity index is 2.55. The predicted octanol–water partition coefficient (Wildman–Crippen LogP) is 3.47. The van der Waals surface area contributed by atoms with Gasteiger partial charge in [-0.25, -0.2) is 0 Å². The van der Waals surface area contributed by atoms with E-state index in [0.717, 1.165) is 10.3 Å². The molecule has 60 valence electrons. The van der Waals surface area contributed by atoms with Crippen molar-refractivity contribution in [3.63, 3.8) is 0 Å². The van der Waals surface area contributed by atoms with Crippen LogP contribution >= 0.6 is 23.6 Å². The number of thiophene rings is 1. The van der Waals surface area contributed by atoms with Crippen molar-refractivity contribution in [1.29, 1.82) is 0 Å². The molecule has 0 aliphatic heterocycles. The quantitative estimate of drug-likeness (QED) is 0.686. The highest BCUT2D eigenvalue weighted by molar-refractivity contribution is 7.71. The standard InChI is InChI=1S/C9H7NS2/c11-9-3-1-2-8(10-9)7-4-5-12-6-7/h1-6H,(H,10,11). The molecule has 2 heterocycles. The van der Waals surface area contributed by atoms with Crippen LogP contribution in [0.2, 0.25) is 0 Å². The van der Waals surface area contributed by atoms with Crippen LogP contribution in [0.5, 0.6) is 0 Å². The molecule has 0 bridgehead atoms. The normalized spacial score (nSPS) is 10.0. The summed E-state index contributed by atoms with van der Waals surface area (Å²) < 4.78 is 0.777. The van der Waals surface area contributed by atoms with Crippen molar-refractivity contribution >= 4 is 23.6 Å². The van der Waals surface area contributed by atoms with E-state index < -0.39 is 0 Å². The van der Waals surface area contributed by atoms with Gasteiger partial charge in [0.05, 0.1) is 0 Å². The van der Waals surface area contributed by atoms with Gasteiger partial charge in [0.1, 0.15) is 4.64 Å². The molecule has 0 radical (unpaired) electrons. The van der Waals surface area contributed by atoms with Gasteiger partial charge in [0, 0.05) is 16.6 Å². The third kappa shape index (κ3) is 1.47. The number of H-pyrrole nitrogens is 1. The van der Waals surface area contributed by atoms with Gasteiger partial charge < -0.3 is 4.98 Å². The Morgan fingerprint density at radius 1 is 1.25 bits per heavy atom. The number of pyridine rings is 1. The maximum Gasteiger partial charge on any atom is 0.103 e. The molecule has 0 aliphatic carbocycles. The molecule has 0 amide bonds. The molecule has 0 spiro atoms. The first-order valence-electron chi connectivity index (χ1n) is 3.58. The highest BCUT2D eigenvalue weighted by Gasteiger charge is 1.95. The molecule has 0 saturated carbocycles. The third-order valence-electron chi connectivity index (χ3n) is 1.60. The molecule has 0 saturated heterocycles. The van der Waals surface area contributed by atoms with Crippen molar-refractivity contribution in [2.24, 2.45) is 0 Å². The fourth-order valence-electron chi connectivity index (χ4n) is 1.03.